The maximum absolute atomic E-state index is 10.0. The molecule has 0 bridgehead atoms. The van der Waals surface area contributed by atoms with Crippen LogP contribution in [0.15, 0.2) is 33.3 Å². The van der Waals surface area contributed by atoms with E-state index in [9.17, 15) is 5.11 Å². The van der Waals surface area contributed by atoms with Gasteiger partial charge in [-0.3, -0.25) is 0 Å². The molecule has 0 aliphatic rings. The monoisotopic (exact) mass is 338 g/mol. The van der Waals surface area contributed by atoms with Gasteiger partial charge in [0.25, 0.3) is 0 Å². The Morgan fingerprint density at radius 2 is 2.10 bits per heavy atom. The Labute approximate surface area is 127 Å². The van der Waals surface area contributed by atoms with Crippen molar-refractivity contribution in [3.8, 4) is 0 Å². The van der Waals surface area contributed by atoms with Crippen molar-refractivity contribution < 1.29 is 9.63 Å². The Bertz CT molecular complexity index is 575. The van der Waals surface area contributed by atoms with Gasteiger partial charge < -0.3 is 9.63 Å². The number of hydrogen-bond acceptors (Lipinski definition) is 4. The van der Waals surface area contributed by atoms with Crippen LogP contribution in [0.2, 0.25) is 0 Å². The highest BCUT2D eigenvalue weighted by Gasteiger charge is 2.24. The fraction of sp³-hybridized carbons (Fsp3) is 0.467. The fourth-order valence-electron chi connectivity index (χ4n) is 1.75. The molecule has 0 amide bonds. The first-order chi connectivity index (χ1) is 9.34. The van der Waals surface area contributed by atoms with Crippen molar-refractivity contribution in [2.45, 2.75) is 39.7 Å². The number of hydrogen-bond donors (Lipinski definition) is 1. The van der Waals surface area contributed by atoms with Crippen molar-refractivity contribution in [1.82, 2.24) is 10.1 Å². The van der Waals surface area contributed by atoms with Gasteiger partial charge in [0.1, 0.15) is 0 Å². The molecule has 0 fully saturated rings. The predicted octanol–water partition coefficient (Wildman–Crippen LogP) is 3.37. The van der Waals surface area contributed by atoms with Gasteiger partial charge in [-0.05, 0) is 23.1 Å². The van der Waals surface area contributed by atoms with Crippen molar-refractivity contribution in [2.75, 3.05) is 0 Å². The van der Waals surface area contributed by atoms with Crippen molar-refractivity contribution in [2.24, 2.45) is 5.41 Å². The largest absolute Gasteiger partial charge is 0.392 e. The highest BCUT2D eigenvalue weighted by Crippen LogP contribution is 2.22. The quantitative estimate of drug-likeness (QED) is 0.928. The first-order valence-corrected chi connectivity index (χ1v) is 7.38. The molecule has 0 aliphatic heterocycles. The lowest BCUT2D eigenvalue weighted by Gasteiger charge is -2.24. The van der Waals surface area contributed by atoms with Crippen LogP contribution < -0.4 is 0 Å². The fourth-order valence-corrected chi connectivity index (χ4v) is 2.19. The summed E-state index contributed by atoms with van der Waals surface area (Å²) in [6.45, 7) is 5.95. The van der Waals surface area contributed by atoms with Gasteiger partial charge >= 0.3 is 0 Å². The van der Waals surface area contributed by atoms with E-state index in [1.54, 1.807) is 0 Å². The summed E-state index contributed by atoms with van der Waals surface area (Å²) in [4.78, 5) is 4.34. The van der Waals surface area contributed by atoms with E-state index in [0.717, 1.165) is 10.0 Å². The standard InChI is InChI=1S/C15H19BrN2O2/c1-15(2,3)12(19)9-14-17-13(18-20-14)8-10-5-4-6-11(16)7-10/h4-7,12,19H,8-9H2,1-3H3. The van der Waals surface area contributed by atoms with E-state index in [4.69, 9.17) is 4.52 Å². The molecule has 1 N–H and O–H groups in total. The van der Waals surface area contributed by atoms with E-state index in [-0.39, 0.29) is 5.41 Å². The third-order valence-electron chi connectivity index (χ3n) is 3.13. The van der Waals surface area contributed by atoms with Gasteiger partial charge in [0.2, 0.25) is 5.89 Å². The summed E-state index contributed by atoms with van der Waals surface area (Å²) >= 11 is 3.44. The summed E-state index contributed by atoms with van der Waals surface area (Å²) in [6, 6.07) is 8.00. The average molecular weight is 339 g/mol. The van der Waals surface area contributed by atoms with Crippen LogP contribution in [0.3, 0.4) is 0 Å². The van der Waals surface area contributed by atoms with Gasteiger partial charge in [0.15, 0.2) is 5.82 Å². The highest BCUT2D eigenvalue weighted by molar-refractivity contribution is 9.10. The molecule has 0 saturated heterocycles. The number of aromatic nitrogens is 2. The normalized spacial score (nSPS) is 13.4. The third-order valence-corrected chi connectivity index (χ3v) is 3.62. The summed E-state index contributed by atoms with van der Waals surface area (Å²) in [5.74, 6) is 1.12. The van der Waals surface area contributed by atoms with Gasteiger partial charge in [-0.25, -0.2) is 0 Å². The molecule has 2 rings (SSSR count). The van der Waals surface area contributed by atoms with Gasteiger partial charge in [0.05, 0.1) is 12.5 Å². The highest BCUT2D eigenvalue weighted by atomic mass is 79.9. The van der Waals surface area contributed by atoms with E-state index in [1.165, 1.54) is 0 Å². The lowest BCUT2D eigenvalue weighted by molar-refractivity contribution is 0.0565. The Hall–Kier alpha value is -1.20. The van der Waals surface area contributed by atoms with Crippen LogP contribution in [0, 0.1) is 5.41 Å². The molecule has 0 aliphatic carbocycles. The lowest BCUT2D eigenvalue weighted by Crippen LogP contribution is -2.28. The van der Waals surface area contributed by atoms with E-state index in [0.29, 0.717) is 24.6 Å². The number of rotatable bonds is 4. The summed E-state index contributed by atoms with van der Waals surface area (Å²) in [6.07, 6.45) is 0.505. The van der Waals surface area contributed by atoms with E-state index >= 15 is 0 Å². The minimum absolute atomic E-state index is 0.196. The predicted molar refractivity (Wildman–Crippen MR) is 80.4 cm³/mol. The molecule has 1 unspecified atom stereocenters. The molecule has 1 aromatic heterocycles. The molecule has 1 heterocycles. The molecule has 1 aromatic carbocycles. The maximum Gasteiger partial charge on any atom is 0.229 e. The van der Waals surface area contributed by atoms with E-state index < -0.39 is 6.10 Å². The van der Waals surface area contributed by atoms with Crippen LogP contribution >= 0.6 is 15.9 Å². The number of benzene rings is 1. The second-order valence-electron chi connectivity index (χ2n) is 6.00. The molecule has 5 heteroatoms. The zero-order valence-electron chi connectivity index (χ0n) is 11.9. The first kappa shape index (κ1) is 15.2. The van der Waals surface area contributed by atoms with Crippen LogP contribution in [0.5, 0.6) is 0 Å². The summed E-state index contributed by atoms with van der Waals surface area (Å²) in [5.41, 5.74) is 0.918. The number of halogens is 1. The molecule has 4 nitrogen and oxygen atoms in total. The van der Waals surface area contributed by atoms with Gasteiger partial charge in [-0.2, -0.15) is 4.98 Å². The Morgan fingerprint density at radius 1 is 1.35 bits per heavy atom. The summed E-state index contributed by atoms with van der Waals surface area (Å²) < 4.78 is 6.23. The third kappa shape index (κ3) is 4.15. The molecule has 2 aromatic rings. The smallest absolute Gasteiger partial charge is 0.229 e. The molecular weight excluding hydrogens is 320 g/mol. The molecule has 108 valence electrons. The van der Waals surface area contributed by atoms with Crippen molar-refractivity contribution in [1.29, 1.82) is 0 Å². The van der Waals surface area contributed by atoms with E-state index in [1.807, 2.05) is 45.0 Å². The van der Waals surface area contributed by atoms with Crippen LogP contribution in [-0.2, 0) is 12.8 Å². The molecule has 0 saturated carbocycles. The van der Waals surface area contributed by atoms with Crippen molar-refractivity contribution >= 4 is 15.9 Å². The Kier molecular flexibility index (Phi) is 4.60. The van der Waals surface area contributed by atoms with Crippen LogP contribution in [0.1, 0.15) is 38.0 Å². The van der Waals surface area contributed by atoms with E-state index in [2.05, 4.69) is 26.1 Å². The molecule has 0 spiro atoms. The van der Waals surface area contributed by atoms with Gasteiger partial charge in [0, 0.05) is 10.9 Å². The number of aliphatic hydroxyl groups excluding tert-OH is 1. The molecule has 1 atom stereocenters. The summed E-state index contributed by atoms with van der Waals surface area (Å²) in [5, 5.41) is 14.0. The van der Waals surface area contributed by atoms with Gasteiger partial charge in [-0.15, -0.1) is 0 Å². The molecule has 0 radical (unpaired) electrons. The average Bonchev–Trinajstić information content (AvgIpc) is 2.75. The summed E-state index contributed by atoms with van der Waals surface area (Å²) in [7, 11) is 0. The van der Waals surface area contributed by atoms with Crippen molar-refractivity contribution in [3.63, 3.8) is 0 Å². The Balaban J connectivity index is 2.02. The van der Waals surface area contributed by atoms with Crippen LogP contribution in [0.4, 0.5) is 0 Å². The minimum atomic E-state index is -0.498. The minimum Gasteiger partial charge on any atom is -0.392 e. The second kappa shape index (κ2) is 6.06. The molecular formula is C15H19BrN2O2. The van der Waals surface area contributed by atoms with Crippen LogP contribution in [0.25, 0.3) is 0 Å². The topological polar surface area (TPSA) is 59.2 Å². The molecule has 20 heavy (non-hydrogen) atoms. The number of nitrogens with zero attached hydrogens (tertiary/aromatic N) is 2. The second-order valence-corrected chi connectivity index (χ2v) is 6.91. The SMILES string of the molecule is CC(C)(C)C(O)Cc1nc(Cc2cccc(Br)c2)no1. The first-order valence-electron chi connectivity index (χ1n) is 6.58. The Morgan fingerprint density at radius 3 is 2.75 bits per heavy atom. The zero-order chi connectivity index (χ0) is 14.8. The van der Waals surface area contributed by atoms with Gasteiger partial charge in [-0.1, -0.05) is 54.0 Å². The van der Waals surface area contributed by atoms with Crippen LogP contribution in [-0.4, -0.2) is 21.4 Å². The number of aliphatic hydroxyl groups is 1. The van der Waals surface area contributed by atoms with Crippen molar-refractivity contribution in [3.05, 3.63) is 46.0 Å². The zero-order valence-corrected chi connectivity index (χ0v) is 13.5. The lowest BCUT2D eigenvalue weighted by atomic mass is 9.87. The maximum atomic E-state index is 10.0.